The molecule has 1 rings (SSSR count). The van der Waals surface area contributed by atoms with Crippen LogP contribution in [0.2, 0.25) is 0 Å². The van der Waals surface area contributed by atoms with Crippen molar-refractivity contribution in [1.82, 2.24) is 0 Å². The quantitative estimate of drug-likeness (QED) is 0.784. The molecule has 1 N–H and O–H groups in total. The van der Waals surface area contributed by atoms with Crippen molar-refractivity contribution in [3.05, 3.63) is 42.6 Å². The summed E-state index contributed by atoms with van der Waals surface area (Å²) in [5.41, 5.74) is 0.740. The minimum absolute atomic E-state index is 0.608. The molecule has 0 radical (unpaired) electrons. The molecule has 1 aromatic rings. The summed E-state index contributed by atoms with van der Waals surface area (Å²) < 4.78 is 13.7. The van der Waals surface area contributed by atoms with Gasteiger partial charge < -0.3 is 4.89 Å². The number of hydrogen-bond acceptors (Lipinski definition) is 2. The predicted molar refractivity (Wildman–Crippen MR) is 76.3 cm³/mol. The van der Waals surface area contributed by atoms with Crippen LogP contribution in [0.15, 0.2) is 42.6 Å². The molecule has 5 heteroatoms. The summed E-state index contributed by atoms with van der Waals surface area (Å²) in [5, 5.41) is 0. The van der Waals surface area contributed by atoms with E-state index in [1.54, 1.807) is 6.20 Å². The van der Waals surface area contributed by atoms with Gasteiger partial charge in [-0.1, -0.05) is 38.1 Å². The van der Waals surface area contributed by atoms with Crippen molar-refractivity contribution in [1.29, 1.82) is 0 Å². The van der Waals surface area contributed by atoms with E-state index in [0.717, 1.165) is 23.5 Å². The summed E-state index contributed by atoms with van der Waals surface area (Å²) in [7, 11) is 0. The average Bonchev–Trinajstić information content (AvgIpc) is 2.30. The summed E-state index contributed by atoms with van der Waals surface area (Å²) in [6.07, 6.45) is 4.41. The molecule has 0 aliphatic heterocycles. The monoisotopic (exact) mass is 271 g/mol. The number of allylic oxidation sites excluding steroid dienone is 1. The second-order valence-corrected chi connectivity index (χ2v) is 7.83. The fourth-order valence-corrected chi connectivity index (χ4v) is 4.31. The van der Waals surface area contributed by atoms with Crippen molar-refractivity contribution in [3.63, 3.8) is 0 Å². The average molecular weight is 271 g/mol. The van der Waals surface area contributed by atoms with Crippen LogP contribution in [0.4, 0.5) is 5.69 Å². The van der Waals surface area contributed by atoms with E-state index in [4.69, 9.17) is 0 Å². The molecule has 0 fully saturated rings. The smallest absolute Gasteiger partial charge is 0.321 e. The molecule has 1 aromatic carbocycles. The lowest BCUT2D eigenvalue weighted by atomic mass is 10.3. The van der Waals surface area contributed by atoms with Gasteiger partial charge in [-0.3, -0.25) is 9.24 Å². The number of hydrogen-bond donors (Lipinski definition) is 1. The largest absolute Gasteiger partial charge is 0.354 e. The van der Waals surface area contributed by atoms with Crippen LogP contribution in [-0.4, -0.2) is 10.6 Å². The number of anilines is 1. The van der Waals surface area contributed by atoms with E-state index in [9.17, 15) is 9.46 Å². The first-order valence-corrected chi connectivity index (χ1v) is 8.81. The predicted octanol–water partition coefficient (Wildman–Crippen LogP) is 4.27. The minimum Gasteiger partial charge on any atom is -0.321 e. The van der Waals surface area contributed by atoms with Crippen LogP contribution >= 0.6 is 18.1 Å². The molecule has 0 bridgehead atoms. The highest BCUT2D eigenvalue weighted by Crippen LogP contribution is 2.59. The highest BCUT2D eigenvalue weighted by atomic mass is 32.7. The van der Waals surface area contributed by atoms with Crippen LogP contribution in [-0.2, 0) is 4.57 Å². The Bertz CT molecular complexity index is 408. The normalized spacial score (nSPS) is 14.8. The van der Waals surface area contributed by atoms with Crippen LogP contribution < -0.4 is 4.67 Å². The SMILES string of the molecule is CCC=CN(c1ccccc1)P(=O)(O)SCC. The number of nitrogens with zero attached hydrogens (tertiary/aromatic N) is 1. The number of benzene rings is 1. The molecule has 3 nitrogen and oxygen atoms in total. The first-order chi connectivity index (χ1) is 8.11. The van der Waals surface area contributed by atoms with Gasteiger partial charge in [0, 0.05) is 17.6 Å². The van der Waals surface area contributed by atoms with E-state index in [1.807, 2.05) is 50.3 Å². The van der Waals surface area contributed by atoms with Crippen molar-refractivity contribution in [3.8, 4) is 0 Å². The van der Waals surface area contributed by atoms with Crippen LogP contribution in [0.3, 0.4) is 0 Å². The fraction of sp³-hybridized carbons (Fsp3) is 0.333. The van der Waals surface area contributed by atoms with Gasteiger partial charge >= 0.3 is 6.72 Å². The van der Waals surface area contributed by atoms with Gasteiger partial charge in [0.15, 0.2) is 0 Å². The Kier molecular flexibility index (Phi) is 5.83. The Labute approximate surface area is 107 Å². The van der Waals surface area contributed by atoms with E-state index < -0.39 is 6.72 Å². The standard InChI is InChI=1S/C12H18NO2PS/c1-3-5-11-13(16(14,15)17-4-2)12-9-7-6-8-10-12/h5-11H,3-4H2,1-2H3,(H,14,15). The summed E-state index contributed by atoms with van der Waals surface area (Å²) in [4.78, 5) is 10.0. The van der Waals surface area contributed by atoms with Gasteiger partial charge in [0.2, 0.25) is 0 Å². The molecule has 0 saturated carbocycles. The molecule has 0 saturated heterocycles. The van der Waals surface area contributed by atoms with Gasteiger partial charge in [-0.25, -0.2) is 0 Å². The van der Waals surface area contributed by atoms with E-state index in [0.29, 0.717) is 5.75 Å². The van der Waals surface area contributed by atoms with E-state index >= 15 is 0 Å². The molecule has 0 aliphatic carbocycles. The lowest BCUT2D eigenvalue weighted by Crippen LogP contribution is -2.10. The maximum Gasteiger partial charge on any atom is 0.354 e. The third-order valence-electron chi connectivity index (χ3n) is 2.07. The third kappa shape index (κ3) is 4.23. The summed E-state index contributed by atoms with van der Waals surface area (Å²) >= 11 is 1.07. The van der Waals surface area contributed by atoms with Crippen molar-refractivity contribution >= 4 is 23.8 Å². The van der Waals surface area contributed by atoms with Gasteiger partial charge in [-0.05, 0) is 29.9 Å². The van der Waals surface area contributed by atoms with Crippen LogP contribution in [0, 0.1) is 0 Å². The Morgan fingerprint density at radius 2 is 2.00 bits per heavy atom. The molecule has 17 heavy (non-hydrogen) atoms. The number of rotatable bonds is 6. The van der Waals surface area contributed by atoms with Gasteiger partial charge in [0.05, 0.1) is 0 Å². The second kappa shape index (κ2) is 6.90. The molecule has 0 aromatic heterocycles. The first kappa shape index (κ1) is 14.4. The summed E-state index contributed by atoms with van der Waals surface area (Å²) in [6, 6.07) is 9.27. The Morgan fingerprint density at radius 3 is 2.53 bits per heavy atom. The minimum atomic E-state index is -3.39. The summed E-state index contributed by atoms with van der Waals surface area (Å²) in [6.45, 7) is 0.479. The van der Waals surface area contributed by atoms with Gasteiger partial charge in [-0.2, -0.15) is 0 Å². The molecule has 0 amide bonds. The lowest BCUT2D eigenvalue weighted by molar-refractivity contribution is 0.497. The lowest BCUT2D eigenvalue weighted by Gasteiger charge is -2.25. The van der Waals surface area contributed by atoms with Crippen molar-refractivity contribution in [2.45, 2.75) is 20.3 Å². The zero-order chi connectivity index (χ0) is 12.7. The molecular weight excluding hydrogens is 253 g/mol. The van der Waals surface area contributed by atoms with E-state index in [-0.39, 0.29) is 0 Å². The van der Waals surface area contributed by atoms with Crippen LogP contribution in [0.1, 0.15) is 20.3 Å². The Balaban J connectivity index is 3.04. The van der Waals surface area contributed by atoms with Crippen LogP contribution in [0.5, 0.6) is 0 Å². The third-order valence-corrected chi connectivity index (χ3v) is 5.89. The molecule has 0 heterocycles. The van der Waals surface area contributed by atoms with E-state index in [1.165, 1.54) is 4.67 Å². The fourth-order valence-electron chi connectivity index (χ4n) is 1.33. The maximum atomic E-state index is 12.2. The Morgan fingerprint density at radius 1 is 1.35 bits per heavy atom. The second-order valence-electron chi connectivity index (χ2n) is 3.38. The molecule has 1 atom stereocenters. The first-order valence-electron chi connectivity index (χ1n) is 5.60. The zero-order valence-electron chi connectivity index (χ0n) is 10.1. The Hall–Kier alpha value is -0.700. The van der Waals surface area contributed by atoms with Gasteiger partial charge in [-0.15, -0.1) is 0 Å². The van der Waals surface area contributed by atoms with Crippen molar-refractivity contribution in [2.24, 2.45) is 0 Å². The molecular formula is C12H18NO2PS. The molecule has 0 spiro atoms. The molecule has 0 aliphatic rings. The topological polar surface area (TPSA) is 40.5 Å². The molecule has 1 unspecified atom stereocenters. The molecule has 94 valence electrons. The zero-order valence-corrected chi connectivity index (χ0v) is 11.8. The van der Waals surface area contributed by atoms with Crippen LogP contribution in [0.25, 0.3) is 0 Å². The van der Waals surface area contributed by atoms with Gasteiger partial charge in [0.25, 0.3) is 0 Å². The maximum absolute atomic E-state index is 12.2. The van der Waals surface area contributed by atoms with E-state index in [2.05, 4.69) is 0 Å². The highest BCUT2D eigenvalue weighted by molar-refractivity contribution is 8.56. The summed E-state index contributed by atoms with van der Waals surface area (Å²) in [5.74, 6) is 0.608. The van der Waals surface area contributed by atoms with Crippen molar-refractivity contribution in [2.75, 3.05) is 10.4 Å². The van der Waals surface area contributed by atoms with Crippen molar-refractivity contribution < 1.29 is 9.46 Å². The van der Waals surface area contributed by atoms with Gasteiger partial charge in [0.1, 0.15) is 0 Å². The highest BCUT2D eigenvalue weighted by Gasteiger charge is 2.26. The number of para-hydroxylation sites is 1.